The summed E-state index contributed by atoms with van der Waals surface area (Å²) in [5.74, 6) is 0.603. The first-order valence-electron chi connectivity index (χ1n) is 7.15. The van der Waals surface area contributed by atoms with Gasteiger partial charge in [0.1, 0.15) is 12.1 Å². The van der Waals surface area contributed by atoms with Gasteiger partial charge in [-0.25, -0.2) is 0 Å². The molecule has 0 fully saturated rings. The third kappa shape index (κ3) is 3.98. The Hall–Kier alpha value is -2.08. The maximum atomic E-state index is 12.1. The van der Waals surface area contributed by atoms with Gasteiger partial charge in [0.05, 0.1) is 17.5 Å². The number of nitrogens with zero attached hydrogens (tertiary/aromatic N) is 3. The first kappa shape index (κ1) is 16.3. The Bertz CT molecular complexity index is 657. The van der Waals surface area contributed by atoms with Crippen molar-refractivity contribution < 1.29 is 9.90 Å². The fraction of sp³-hybridized carbons (Fsp3) is 0.400. The number of phenols is 1. The number of phenolic OH excluding ortho intramolecular Hbond substituents is 1. The first-order chi connectivity index (χ1) is 10.5. The van der Waals surface area contributed by atoms with Gasteiger partial charge < -0.3 is 15.0 Å². The summed E-state index contributed by atoms with van der Waals surface area (Å²) in [5.41, 5.74) is 0.738. The number of amides is 1. The zero-order valence-corrected chi connectivity index (χ0v) is 13.3. The number of aromatic nitrogens is 3. The Morgan fingerprint density at radius 1 is 1.50 bits per heavy atom. The summed E-state index contributed by atoms with van der Waals surface area (Å²) in [7, 11) is 0. The van der Waals surface area contributed by atoms with Gasteiger partial charge >= 0.3 is 0 Å². The Kier molecular flexibility index (Phi) is 5.38. The number of hydrogen-bond donors (Lipinski definition) is 2. The molecule has 2 aromatic rings. The van der Waals surface area contributed by atoms with Crippen LogP contribution in [0.5, 0.6) is 5.75 Å². The second kappa shape index (κ2) is 7.26. The molecule has 0 saturated heterocycles. The van der Waals surface area contributed by atoms with E-state index in [4.69, 9.17) is 11.6 Å². The van der Waals surface area contributed by atoms with Crippen molar-refractivity contribution in [2.24, 2.45) is 0 Å². The van der Waals surface area contributed by atoms with Crippen LogP contribution in [0.3, 0.4) is 0 Å². The van der Waals surface area contributed by atoms with Gasteiger partial charge in [-0.1, -0.05) is 24.6 Å². The lowest BCUT2D eigenvalue weighted by atomic mass is 10.1. The molecule has 0 spiro atoms. The first-order valence-corrected chi connectivity index (χ1v) is 7.53. The van der Waals surface area contributed by atoms with E-state index in [0.717, 1.165) is 24.4 Å². The van der Waals surface area contributed by atoms with Gasteiger partial charge in [-0.05, 0) is 31.0 Å². The molecule has 0 bridgehead atoms. The highest BCUT2D eigenvalue weighted by molar-refractivity contribution is 6.32. The van der Waals surface area contributed by atoms with Crippen LogP contribution in [0.4, 0.5) is 0 Å². The van der Waals surface area contributed by atoms with Gasteiger partial charge in [0.15, 0.2) is 5.82 Å². The summed E-state index contributed by atoms with van der Waals surface area (Å²) in [6, 6.07) is 4.51. The number of aryl methyl sites for hydroxylation is 1. The number of benzene rings is 1. The van der Waals surface area contributed by atoms with E-state index in [1.807, 2.05) is 11.5 Å². The quantitative estimate of drug-likeness (QED) is 0.856. The number of halogens is 1. The summed E-state index contributed by atoms with van der Waals surface area (Å²) in [6.07, 6.45) is 2.82. The van der Waals surface area contributed by atoms with Crippen molar-refractivity contribution in [3.63, 3.8) is 0 Å². The van der Waals surface area contributed by atoms with Crippen LogP contribution in [0, 0.1) is 0 Å². The van der Waals surface area contributed by atoms with Crippen LogP contribution in [0.1, 0.15) is 37.7 Å². The lowest BCUT2D eigenvalue weighted by molar-refractivity contribution is -0.121. The molecule has 0 saturated carbocycles. The van der Waals surface area contributed by atoms with Gasteiger partial charge in [-0.2, -0.15) is 0 Å². The Morgan fingerprint density at radius 2 is 2.27 bits per heavy atom. The maximum Gasteiger partial charge on any atom is 0.224 e. The number of hydrogen-bond acceptors (Lipinski definition) is 4. The molecule has 1 heterocycles. The van der Waals surface area contributed by atoms with Crippen molar-refractivity contribution in [1.82, 2.24) is 20.1 Å². The number of carbonyl (C=O) groups excluding carboxylic acids is 1. The molecule has 0 aliphatic carbocycles. The molecular formula is C15H19ClN4O2. The van der Waals surface area contributed by atoms with Crippen LogP contribution >= 0.6 is 11.6 Å². The minimum absolute atomic E-state index is 0.00635. The molecule has 1 aromatic heterocycles. The molecule has 1 amide bonds. The van der Waals surface area contributed by atoms with E-state index in [1.165, 1.54) is 6.07 Å². The van der Waals surface area contributed by atoms with Crippen molar-refractivity contribution in [1.29, 1.82) is 0 Å². The third-order valence-corrected chi connectivity index (χ3v) is 3.55. The molecule has 1 atom stereocenters. The Morgan fingerprint density at radius 3 is 2.95 bits per heavy atom. The monoisotopic (exact) mass is 322 g/mol. The number of rotatable bonds is 6. The predicted octanol–water partition coefficient (Wildman–Crippen LogP) is 2.47. The normalized spacial score (nSPS) is 12.1. The average molecular weight is 323 g/mol. The molecule has 6 nitrogen and oxygen atoms in total. The molecule has 118 valence electrons. The van der Waals surface area contributed by atoms with Crippen molar-refractivity contribution in [2.45, 2.75) is 39.3 Å². The fourth-order valence-corrected chi connectivity index (χ4v) is 2.42. The van der Waals surface area contributed by atoms with Crippen LogP contribution in [0.25, 0.3) is 0 Å². The summed E-state index contributed by atoms with van der Waals surface area (Å²) >= 11 is 5.84. The molecule has 2 rings (SSSR count). The van der Waals surface area contributed by atoms with Crippen LogP contribution < -0.4 is 5.32 Å². The molecule has 0 aliphatic heterocycles. The highest BCUT2D eigenvalue weighted by Gasteiger charge is 2.16. The van der Waals surface area contributed by atoms with Crippen LogP contribution in [0.15, 0.2) is 24.5 Å². The third-order valence-electron chi connectivity index (χ3n) is 3.25. The van der Waals surface area contributed by atoms with Crippen molar-refractivity contribution in [3.05, 3.63) is 40.9 Å². The van der Waals surface area contributed by atoms with Gasteiger partial charge in [0, 0.05) is 6.54 Å². The van der Waals surface area contributed by atoms with Gasteiger partial charge in [-0.3, -0.25) is 4.79 Å². The fourth-order valence-electron chi connectivity index (χ4n) is 2.22. The predicted molar refractivity (Wildman–Crippen MR) is 83.7 cm³/mol. The lowest BCUT2D eigenvalue weighted by Gasteiger charge is -2.14. The van der Waals surface area contributed by atoms with Gasteiger partial charge in [0.25, 0.3) is 0 Å². The standard InChI is InChI=1S/C15H19ClN4O2/c1-3-6-20-9-17-19-15(20)10(2)18-14(22)8-11-4-5-13(21)12(16)7-11/h4-5,7,9-10,21H,3,6,8H2,1-2H3,(H,18,22)/t10-/m0/s1. The zero-order chi connectivity index (χ0) is 16.1. The SMILES string of the molecule is CCCn1cnnc1[C@H](C)NC(=O)Cc1ccc(O)c(Cl)c1. The van der Waals surface area contributed by atoms with Crippen LogP contribution in [-0.2, 0) is 17.8 Å². The molecule has 22 heavy (non-hydrogen) atoms. The van der Waals surface area contributed by atoms with Crippen molar-refractivity contribution >= 4 is 17.5 Å². The number of aromatic hydroxyl groups is 1. The van der Waals surface area contributed by atoms with Crippen LogP contribution in [-0.4, -0.2) is 25.8 Å². The maximum absolute atomic E-state index is 12.1. The highest BCUT2D eigenvalue weighted by Crippen LogP contribution is 2.23. The van der Waals surface area contributed by atoms with Gasteiger partial charge in [-0.15, -0.1) is 10.2 Å². The second-order valence-electron chi connectivity index (χ2n) is 5.13. The molecule has 0 aliphatic rings. The van der Waals surface area contributed by atoms with Gasteiger partial charge in [0.2, 0.25) is 5.91 Å². The molecule has 0 unspecified atom stereocenters. The summed E-state index contributed by atoms with van der Waals surface area (Å²) in [4.78, 5) is 12.1. The van der Waals surface area contributed by atoms with Crippen molar-refractivity contribution in [2.75, 3.05) is 0 Å². The summed E-state index contributed by atoms with van der Waals surface area (Å²) in [5, 5.41) is 20.5. The Balaban J connectivity index is 1.98. The molecular weight excluding hydrogens is 304 g/mol. The number of nitrogens with one attached hydrogen (secondary N) is 1. The van der Waals surface area contributed by atoms with E-state index < -0.39 is 0 Å². The number of carbonyl (C=O) groups is 1. The topological polar surface area (TPSA) is 80.0 Å². The van der Waals surface area contributed by atoms with Crippen molar-refractivity contribution in [3.8, 4) is 5.75 Å². The lowest BCUT2D eigenvalue weighted by Crippen LogP contribution is -2.30. The van der Waals surface area contributed by atoms with E-state index in [9.17, 15) is 9.90 Å². The smallest absolute Gasteiger partial charge is 0.224 e. The van der Waals surface area contributed by atoms with E-state index in [0.29, 0.717) is 0 Å². The molecule has 2 N–H and O–H groups in total. The summed E-state index contributed by atoms with van der Waals surface area (Å²) in [6.45, 7) is 4.76. The minimum Gasteiger partial charge on any atom is -0.506 e. The highest BCUT2D eigenvalue weighted by atomic mass is 35.5. The summed E-state index contributed by atoms with van der Waals surface area (Å²) < 4.78 is 1.93. The molecule has 7 heteroatoms. The molecule has 1 aromatic carbocycles. The largest absolute Gasteiger partial charge is 0.506 e. The van der Waals surface area contributed by atoms with E-state index in [-0.39, 0.29) is 29.1 Å². The Labute approximate surface area is 134 Å². The van der Waals surface area contributed by atoms with E-state index in [2.05, 4.69) is 22.4 Å². The van der Waals surface area contributed by atoms with E-state index in [1.54, 1.807) is 18.5 Å². The second-order valence-corrected chi connectivity index (χ2v) is 5.54. The average Bonchev–Trinajstić information content (AvgIpc) is 2.91. The zero-order valence-electron chi connectivity index (χ0n) is 12.6. The van der Waals surface area contributed by atoms with E-state index >= 15 is 0 Å². The molecule has 0 radical (unpaired) electrons. The minimum atomic E-state index is -0.228. The van der Waals surface area contributed by atoms with Crippen LogP contribution in [0.2, 0.25) is 5.02 Å².